The predicted octanol–water partition coefficient (Wildman–Crippen LogP) is 3.15. The van der Waals surface area contributed by atoms with E-state index in [1.165, 1.54) is 3.97 Å². The molecule has 8 heteroatoms. The van der Waals surface area contributed by atoms with E-state index in [-0.39, 0.29) is 4.90 Å². The highest BCUT2D eigenvalue weighted by Crippen LogP contribution is 2.38. The van der Waals surface area contributed by atoms with Crippen LogP contribution in [0.5, 0.6) is 0 Å². The van der Waals surface area contributed by atoms with Gasteiger partial charge in [-0.05, 0) is 53.3 Å². The van der Waals surface area contributed by atoms with Crippen LogP contribution < -0.4 is 0 Å². The van der Waals surface area contributed by atoms with E-state index in [1.54, 1.807) is 18.3 Å². The highest BCUT2D eigenvalue weighted by molar-refractivity contribution is 14.1. The molecule has 3 unspecified atom stereocenters. The van der Waals surface area contributed by atoms with Crippen LogP contribution in [0.2, 0.25) is 0 Å². The van der Waals surface area contributed by atoms with Gasteiger partial charge in [-0.1, -0.05) is 17.7 Å². The number of halogens is 1. The second-order valence-electron chi connectivity index (χ2n) is 7.24. The first-order valence-electron chi connectivity index (χ1n) is 8.80. The van der Waals surface area contributed by atoms with Crippen LogP contribution in [0, 0.1) is 16.4 Å². The third-order valence-electron chi connectivity index (χ3n) is 5.47. The van der Waals surface area contributed by atoms with E-state index in [4.69, 9.17) is 4.84 Å². The van der Waals surface area contributed by atoms with Crippen LogP contribution in [-0.2, 0) is 14.9 Å². The van der Waals surface area contributed by atoms with Gasteiger partial charge in [-0.3, -0.25) is 4.84 Å². The molecule has 0 radical (unpaired) electrons. The number of nitrogens with zero attached hydrogens (tertiary/aromatic N) is 3. The van der Waals surface area contributed by atoms with Gasteiger partial charge in [0.15, 0.2) is 5.65 Å². The van der Waals surface area contributed by atoms with Crippen LogP contribution >= 0.6 is 22.6 Å². The third kappa shape index (κ3) is 2.81. The third-order valence-corrected chi connectivity index (χ3v) is 7.99. The number of hydroxylamine groups is 2. The van der Waals surface area contributed by atoms with Gasteiger partial charge in [0.2, 0.25) is 0 Å². The minimum atomic E-state index is -3.68. The van der Waals surface area contributed by atoms with Gasteiger partial charge >= 0.3 is 0 Å². The summed E-state index contributed by atoms with van der Waals surface area (Å²) < 4.78 is 28.4. The Morgan fingerprint density at radius 3 is 2.67 bits per heavy atom. The van der Waals surface area contributed by atoms with E-state index in [0.29, 0.717) is 17.5 Å². The van der Waals surface area contributed by atoms with Gasteiger partial charge in [-0.25, -0.2) is 17.4 Å². The molecule has 3 aromatic rings. The van der Waals surface area contributed by atoms with Gasteiger partial charge < -0.3 is 0 Å². The molecule has 6 nitrogen and oxygen atoms in total. The molecular formula is C19H18IN3O3S. The Morgan fingerprint density at radius 1 is 1.22 bits per heavy atom. The summed E-state index contributed by atoms with van der Waals surface area (Å²) in [4.78, 5) is 10.4. The lowest BCUT2D eigenvalue weighted by atomic mass is 9.90. The second kappa shape index (κ2) is 6.26. The minimum absolute atomic E-state index is 0.269. The van der Waals surface area contributed by atoms with Crippen molar-refractivity contribution in [3.63, 3.8) is 0 Å². The number of hydrogen-bond donors (Lipinski definition) is 0. The Labute approximate surface area is 171 Å². The summed E-state index contributed by atoms with van der Waals surface area (Å²) in [6, 6.07) is 8.99. The van der Waals surface area contributed by atoms with E-state index in [1.807, 2.05) is 30.3 Å². The summed E-state index contributed by atoms with van der Waals surface area (Å²) >= 11 is 2.19. The summed E-state index contributed by atoms with van der Waals surface area (Å²) in [5, 5.41) is 2.89. The van der Waals surface area contributed by atoms with E-state index >= 15 is 0 Å². The molecule has 2 aliphatic rings. The van der Waals surface area contributed by atoms with Gasteiger partial charge in [-0.15, -0.1) is 0 Å². The smallest absolute Gasteiger partial charge is 0.269 e. The number of rotatable bonds is 3. The van der Waals surface area contributed by atoms with Gasteiger partial charge in [0, 0.05) is 46.3 Å². The van der Waals surface area contributed by atoms with Gasteiger partial charge in [0.1, 0.15) is 0 Å². The van der Waals surface area contributed by atoms with E-state index in [2.05, 4.69) is 33.6 Å². The molecule has 5 rings (SSSR count). The first-order chi connectivity index (χ1) is 12.9. The first kappa shape index (κ1) is 17.6. The lowest BCUT2D eigenvalue weighted by Crippen LogP contribution is -2.23. The molecule has 2 saturated heterocycles. The molecule has 2 aliphatic heterocycles. The summed E-state index contributed by atoms with van der Waals surface area (Å²) in [5.74, 6) is 0.879. The van der Waals surface area contributed by atoms with E-state index in [9.17, 15) is 8.42 Å². The largest absolute Gasteiger partial charge is 0.299 e. The lowest BCUT2D eigenvalue weighted by molar-refractivity contribution is -0.121. The van der Waals surface area contributed by atoms with Crippen molar-refractivity contribution in [1.82, 2.24) is 14.0 Å². The second-order valence-corrected chi connectivity index (χ2v) is 10.2. The van der Waals surface area contributed by atoms with Crippen LogP contribution in [0.25, 0.3) is 11.0 Å². The topological polar surface area (TPSA) is 64.4 Å². The number of benzene rings is 1. The number of hydrogen-bond acceptors (Lipinski definition) is 5. The zero-order valence-electron chi connectivity index (χ0n) is 14.7. The summed E-state index contributed by atoms with van der Waals surface area (Å²) in [5.41, 5.74) is 2.65. The minimum Gasteiger partial charge on any atom is -0.299 e. The molecule has 0 amide bonds. The van der Waals surface area contributed by atoms with Crippen molar-refractivity contribution in [3.05, 3.63) is 57.4 Å². The van der Waals surface area contributed by atoms with Crippen molar-refractivity contribution in [1.29, 1.82) is 0 Å². The van der Waals surface area contributed by atoms with Gasteiger partial charge in [0.05, 0.1) is 11.5 Å². The molecule has 140 valence electrons. The van der Waals surface area contributed by atoms with Crippen molar-refractivity contribution in [3.8, 4) is 0 Å². The molecule has 0 aliphatic carbocycles. The molecule has 27 heavy (non-hydrogen) atoms. The fraction of sp³-hybridized carbons (Fsp3) is 0.316. The zero-order valence-corrected chi connectivity index (χ0v) is 17.6. The normalized spacial score (nSPS) is 24.7. The Kier molecular flexibility index (Phi) is 4.08. The van der Waals surface area contributed by atoms with Crippen molar-refractivity contribution >= 4 is 43.6 Å². The van der Waals surface area contributed by atoms with Gasteiger partial charge in [0.25, 0.3) is 10.0 Å². The molecule has 4 heterocycles. The highest BCUT2D eigenvalue weighted by atomic mass is 127. The molecule has 0 N–H and O–H groups in total. The molecule has 3 atom stereocenters. The van der Waals surface area contributed by atoms with E-state index in [0.717, 1.165) is 39.8 Å². The molecule has 2 fully saturated rings. The Balaban J connectivity index is 1.59. The number of aryl methyl sites for hydroxylation is 1. The maximum Gasteiger partial charge on any atom is 0.269 e. The molecule has 2 aromatic heterocycles. The quantitative estimate of drug-likeness (QED) is 0.523. The van der Waals surface area contributed by atoms with Crippen LogP contribution in [0.15, 0.2) is 47.6 Å². The van der Waals surface area contributed by atoms with Crippen LogP contribution in [0.4, 0.5) is 0 Å². The highest BCUT2D eigenvalue weighted by Gasteiger charge is 2.40. The van der Waals surface area contributed by atoms with Crippen molar-refractivity contribution < 1.29 is 13.3 Å². The van der Waals surface area contributed by atoms with E-state index < -0.39 is 10.0 Å². The molecule has 2 bridgehead atoms. The van der Waals surface area contributed by atoms with Crippen LogP contribution in [0.3, 0.4) is 0 Å². The first-order valence-corrected chi connectivity index (χ1v) is 11.3. The van der Waals surface area contributed by atoms with Crippen molar-refractivity contribution in [2.75, 3.05) is 19.7 Å². The fourth-order valence-electron chi connectivity index (χ4n) is 3.95. The predicted molar refractivity (Wildman–Crippen MR) is 110 cm³/mol. The fourth-order valence-corrected chi connectivity index (χ4v) is 6.14. The zero-order chi connectivity index (χ0) is 18.8. The maximum absolute atomic E-state index is 13.1. The van der Waals surface area contributed by atoms with Gasteiger partial charge in [-0.2, -0.15) is 5.06 Å². The van der Waals surface area contributed by atoms with Crippen molar-refractivity contribution in [2.24, 2.45) is 5.92 Å². The van der Waals surface area contributed by atoms with Crippen molar-refractivity contribution in [2.45, 2.75) is 17.7 Å². The molecular weight excluding hydrogens is 477 g/mol. The number of pyridine rings is 1. The number of fused-ring (bicyclic) bond motifs is 3. The Morgan fingerprint density at radius 2 is 2.00 bits per heavy atom. The van der Waals surface area contributed by atoms with Crippen LogP contribution in [0.1, 0.15) is 17.0 Å². The molecule has 0 saturated carbocycles. The standard InChI is InChI=1S/C19H18IN3O3S/c1-12-2-4-15(5-3-12)27(24,25)23-10-18(20)16-6-13(7-21-19(16)23)17-9-22-8-14(17)11-26-22/h2-7,10,14,17H,8-9,11H2,1H3. The SMILES string of the molecule is Cc1ccc(S(=O)(=O)n2cc(I)c3cc(C4CN5CC4CO5)cnc32)cc1. The average molecular weight is 495 g/mol. The number of aromatic nitrogens is 2. The Hall–Kier alpha value is -1.49. The summed E-state index contributed by atoms with van der Waals surface area (Å²) in [6.45, 7) is 4.52. The summed E-state index contributed by atoms with van der Waals surface area (Å²) in [7, 11) is -3.68. The summed E-state index contributed by atoms with van der Waals surface area (Å²) in [6.07, 6.45) is 3.48. The molecule has 1 aromatic carbocycles. The monoisotopic (exact) mass is 495 g/mol. The molecule has 0 spiro atoms. The Bertz CT molecular complexity index is 1140. The average Bonchev–Trinajstić information content (AvgIpc) is 3.37. The maximum atomic E-state index is 13.1. The van der Waals surface area contributed by atoms with Crippen LogP contribution in [-0.4, -0.2) is 42.1 Å². The lowest BCUT2D eigenvalue weighted by Gasteiger charge is -2.22.